The molecule has 2 atom stereocenters. The van der Waals surface area contributed by atoms with Crippen LogP contribution >= 0.6 is 12.2 Å². The van der Waals surface area contributed by atoms with Crippen molar-refractivity contribution >= 4 is 23.1 Å². The van der Waals surface area contributed by atoms with Crippen LogP contribution in [-0.4, -0.2) is 47.6 Å². The first kappa shape index (κ1) is 15.2. The van der Waals surface area contributed by atoms with E-state index in [-0.39, 0.29) is 18.5 Å². The first-order chi connectivity index (χ1) is 8.20. The van der Waals surface area contributed by atoms with Gasteiger partial charge in [-0.15, -0.1) is 0 Å². The average molecular weight is 283 g/mol. The number of nitrogens with two attached hydrogens (primary N) is 1. The topological polar surface area (TPSA) is 58.4 Å². The van der Waals surface area contributed by atoms with Crippen molar-refractivity contribution in [1.82, 2.24) is 10.2 Å². The van der Waals surface area contributed by atoms with Gasteiger partial charge in [-0.2, -0.15) is 13.2 Å². The predicted octanol–water partition coefficient (Wildman–Crippen LogP) is 0.661. The fourth-order valence-electron chi connectivity index (χ4n) is 2.02. The third-order valence-electron chi connectivity index (χ3n) is 2.86. The molecule has 8 heteroatoms. The van der Waals surface area contributed by atoms with Crippen molar-refractivity contribution in [3.8, 4) is 0 Å². The van der Waals surface area contributed by atoms with Crippen molar-refractivity contribution in [3.63, 3.8) is 0 Å². The summed E-state index contributed by atoms with van der Waals surface area (Å²) in [5.74, 6) is -1.97. The van der Waals surface area contributed by atoms with Crippen molar-refractivity contribution < 1.29 is 18.0 Å². The monoisotopic (exact) mass is 283 g/mol. The molecule has 0 aromatic rings. The molecule has 1 amide bonds. The summed E-state index contributed by atoms with van der Waals surface area (Å²) in [6.45, 7) is 2.04. The molecule has 1 heterocycles. The van der Waals surface area contributed by atoms with Gasteiger partial charge in [-0.05, 0) is 6.42 Å². The molecule has 1 aliphatic rings. The lowest BCUT2D eigenvalue weighted by atomic mass is 10.1. The van der Waals surface area contributed by atoms with Crippen LogP contribution in [0.15, 0.2) is 0 Å². The van der Waals surface area contributed by atoms with Crippen molar-refractivity contribution in [2.45, 2.75) is 25.6 Å². The Labute approximate surface area is 109 Å². The number of carbonyl (C=O) groups excluding carboxylic acids is 1. The van der Waals surface area contributed by atoms with E-state index in [0.717, 1.165) is 0 Å². The van der Waals surface area contributed by atoms with E-state index < -0.39 is 17.1 Å². The molecule has 0 radical (unpaired) electrons. The molecule has 104 valence electrons. The summed E-state index contributed by atoms with van der Waals surface area (Å²) in [4.78, 5) is 11.9. The van der Waals surface area contributed by atoms with Crippen molar-refractivity contribution in [2.75, 3.05) is 19.6 Å². The van der Waals surface area contributed by atoms with E-state index in [0.29, 0.717) is 19.5 Å². The van der Waals surface area contributed by atoms with E-state index in [9.17, 15) is 18.0 Å². The molecule has 1 aliphatic heterocycles. The smallest absolute Gasteiger partial charge is 0.393 e. The van der Waals surface area contributed by atoms with Gasteiger partial charge in [0.2, 0.25) is 5.91 Å². The third kappa shape index (κ3) is 4.41. The minimum absolute atomic E-state index is 0.0947. The number of amides is 1. The predicted molar refractivity (Wildman–Crippen MR) is 65.0 cm³/mol. The molecule has 1 rings (SSSR count). The largest absolute Gasteiger partial charge is 0.399 e. The number of likely N-dealkylation sites (tertiary alicyclic amines) is 1. The molecule has 0 aromatic heterocycles. The molecule has 3 N–H and O–H groups in total. The molecular formula is C10H16F3N3OS. The average Bonchev–Trinajstić information content (AvgIpc) is 2.58. The fourth-order valence-corrected chi connectivity index (χ4v) is 2.22. The molecular weight excluding hydrogens is 267 g/mol. The van der Waals surface area contributed by atoms with E-state index in [4.69, 9.17) is 5.73 Å². The Morgan fingerprint density at radius 2 is 2.22 bits per heavy atom. The van der Waals surface area contributed by atoms with Crippen LogP contribution in [-0.2, 0) is 4.79 Å². The maximum absolute atomic E-state index is 12.7. The van der Waals surface area contributed by atoms with Gasteiger partial charge in [-0.3, -0.25) is 4.79 Å². The van der Waals surface area contributed by atoms with Gasteiger partial charge in [0, 0.05) is 32.6 Å². The SMILES string of the molecule is CC(=O)NC1CCN(CC(C(N)=S)C(F)(F)F)C1. The Morgan fingerprint density at radius 1 is 1.61 bits per heavy atom. The number of halogens is 3. The molecule has 4 nitrogen and oxygen atoms in total. The number of alkyl halides is 3. The van der Waals surface area contributed by atoms with Crippen molar-refractivity contribution in [2.24, 2.45) is 11.7 Å². The van der Waals surface area contributed by atoms with Crippen LogP contribution in [0.5, 0.6) is 0 Å². The van der Waals surface area contributed by atoms with Crippen molar-refractivity contribution in [1.29, 1.82) is 0 Å². The summed E-state index contributed by atoms with van der Waals surface area (Å²) in [5.41, 5.74) is 5.13. The number of hydrogen-bond acceptors (Lipinski definition) is 3. The number of nitrogens with zero attached hydrogens (tertiary/aromatic N) is 1. The quantitative estimate of drug-likeness (QED) is 0.744. The Kier molecular flexibility index (Phi) is 4.92. The number of rotatable bonds is 4. The summed E-state index contributed by atoms with van der Waals surface area (Å²) in [6.07, 6.45) is -3.78. The second-order valence-electron chi connectivity index (χ2n) is 4.44. The van der Waals surface area contributed by atoms with E-state index in [1.807, 2.05) is 0 Å². The first-order valence-corrected chi connectivity index (χ1v) is 5.96. The van der Waals surface area contributed by atoms with Gasteiger partial charge in [0.05, 0.1) is 4.99 Å². The third-order valence-corrected chi connectivity index (χ3v) is 3.14. The maximum atomic E-state index is 12.7. The normalized spacial score (nSPS) is 22.8. The summed E-state index contributed by atoms with van der Waals surface area (Å²) in [7, 11) is 0. The maximum Gasteiger partial charge on any atom is 0.399 e. The van der Waals surface area contributed by atoms with Crippen LogP contribution in [0.3, 0.4) is 0 Å². The van der Waals surface area contributed by atoms with Gasteiger partial charge in [0.25, 0.3) is 0 Å². The van der Waals surface area contributed by atoms with Crippen LogP contribution in [0.2, 0.25) is 0 Å². The molecule has 0 spiro atoms. The zero-order valence-electron chi connectivity index (χ0n) is 9.96. The van der Waals surface area contributed by atoms with E-state index in [1.54, 1.807) is 4.90 Å². The summed E-state index contributed by atoms with van der Waals surface area (Å²) < 4.78 is 38.0. The number of hydrogen-bond donors (Lipinski definition) is 2. The van der Waals surface area contributed by atoms with Crippen LogP contribution in [0.4, 0.5) is 13.2 Å². The summed E-state index contributed by atoms with van der Waals surface area (Å²) in [5, 5.41) is 2.69. The van der Waals surface area contributed by atoms with E-state index >= 15 is 0 Å². The fraction of sp³-hybridized carbons (Fsp3) is 0.800. The van der Waals surface area contributed by atoms with Gasteiger partial charge in [0.15, 0.2) is 0 Å². The van der Waals surface area contributed by atoms with Gasteiger partial charge in [0.1, 0.15) is 5.92 Å². The Bertz CT molecular complexity index is 335. The molecule has 0 bridgehead atoms. The first-order valence-electron chi connectivity index (χ1n) is 5.55. The van der Waals surface area contributed by atoms with Crippen LogP contribution in [0, 0.1) is 5.92 Å². The molecule has 1 fully saturated rings. The van der Waals surface area contributed by atoms with E-state index in [2.05, 4.69) is 17.5 Å². The minimum Gasteiger partial charge on any atom is -0.393 e. The lowest BCUT2D eigenvalue weighted by molar-refractivity contribution is -0.158. The highest BCUT2D eigenvalue weighted by atomic mass is 32.1. The molecule has 2 unspecified atom stereocenters. The Hall–Kier alpha value is -0.890. The van der Waals surface area contributed by atoms with E-state index in [1.165, 1.54) is 6.92 Å². The standard InChI is InChI=1S/C10H16F3N3OS/c1-6(17)15-7-2-3-16(4-7)5-8(9(14)18)10(11,12)13/h7-8H,2-5H2,1H3,(H2,14,18)(H,15,17). The zero-order chi connectivity index (χ0) is 13.9. The highest BCUT2D eigenvalue weighted by Gasteiger charge is 2.43. The number of thiocarbonyl (C=S) groups is 1. The lowest BCUT2D eigenvalue weighted by Gasteiger charge is -2.24. The van der Waals surface area contributed by atoms with Crippen molar-refractivity contribution in [3.05, 3.63) is 0 Å². The highest BCUT2D eigenvalue weighted by molar-refractivity contribution is 7.80. The molecule has 0 saturated carbocycles. The summed E-state index contributed by atoms with van der Waals surface area (Å²) >= 11 is 4.46. The van der Waals surface area contributed by atoms with Gasteiger partial charge < -0.3 is 16.0 Å². The van der Waals surface area contributed by atoms with Crippen LogP contribution in [0.1, 0.15) is 13.3 Å². The van der Waals surface area contributed by atoms with Gasteiger partial charge >= 0.3 is 6.18 Å². The van der Waals surface area contributed by atoms with Crippen LogP contribution < -0.4 is 11.1 Å². The van der Waals surface area contributed by atoms with Gasteiger partial charge in [-0.1, -0.05) is 12.2 Å². The highest BCUT2D eigenvalue weighted by Crippen LogP contribution is 2.28. The number of carbonyl (C=O) groups is 1. The molecule has 1 saturated heterocycles. The molecule has 18 heavy (non-hydrogen) atoms. The molecule has 0 aliphatic carbocycles. The minimum atomic E-state index is -4.42. The Morgan fingerprint density at radius 3 is 2.67 bits per heavy atom. The Balaban J connectivity index is 2.53. The lowest BCUT2D eigenvalue weighted by Crippen LogP contribution is -2.44. The van der Waals surface area contributed by atoms with Gasteiger partial charge in [-0.25, -0.2) is 0 Å². The summed E-state index contributed by atoms with van der Waals surface area (Å²) in [6, 6.07) is -0.0947. The second-order valence-corrected chi connectivity index (χ2v) is 4.91. The second kappa shape index (κ2) is 5.83. The number of nitrogens with one attached hydrogen (secondary N) is 1. The molecule has 0 aromatic carbocycles. The zero-order valence-corrected chi connectivity index (χ0v) is 10.8. The van der Waals surface area contributed by atoms with Crippen LogP contribution in [0.25, 0.3) is 0 Å².